The van der Waals surface area contributed by atoms with E-state index in [0.29, 0.717) is 22.3 Å². The van der Waals surface area contributed by atoms with Gasteiger partial charge in [-0.3, -0.25) is 4.79 Å². The minimum atomic E-state index is -2.58. The SMILES string of the molecule is Cn1cc(-c2cc(C[SH](=O)=O)cc3cc(-c4ccccc4)oc23)c2ccccc2c1=O. The Morgan fingerprint density at radius 1 is 0.871 bits per heavy atom. The summed E-state index contributed by atoms with van der Waals surface area (Å²) in [4.78, 5) is 12.6. The minimum absolute atomic E-state index is 0.0617. The third kappa shape index (κ3) is 3.45. The molecule has 0 fully saturated rings. The Morgan fingerprint density at radius 3 is 2.32 bits per heavy atom. The molecule has 0 radical (unpaired) electrons. The number of hydrogen-bond acceptors (Lipinski definition) is 4. The van der Waals surface area contributed by atoms with E-state index in [-0.39, 0.29) is 11.3 Å². The van der Waals surface area contributed by atoms with Crippen LogP contribution in [0.25, 0.3) is 44.2 Å². The maximum Gasteiger partial charge on any atom is 0.258 e. The lowest BCUT2D eigenvalue weighted by atomic mass is 9.97. The smallest absolute Gasteiger partial charge is 0.258 e. The normalized spacial score (nSPS) is 11.5. The highest BCUT2D eigenvalue weighted by molar-refractivity contribution is 7.71. The van der Waals surface area contributed by atoms with Gasteiger partial charge >= 0.3 is 0 Å². The third-order valence-electron chi connectivity index (χ3n) is 5.43. The van der Waals surface area contributed by atoms with Gasteiger partial charge in [0.15, 0.2) is 0 Å². The maximum absolute atomic E-state index is 12.6. The van der Waals surface area contributed by atoms with Gasteiger partial charge in [0.05, 0.1) is 5.75 Å². The van der Waals surface area contributed by atoms with Crippen molar-refractivity contribution in [3.8, 4) is 22.5 Å². The van der Waals surface area contributed by atoms with Crippen molar-refractivity contribution in [3.63, 3.8) is 0 Å². The van der Waals surface area contributed by atoms with Crippen molar-refractivity contribution in [1.29, 1.82) is 0 Å². The summed E-state index contributed by atoms with van der Waals surface area (Å²) in [6.07, 6.45) is 1.78. The van der Waals surface area contributed by atoms with Crippen molar-refractivity contribution >= 4 is 32.4 Å². The van der Waals surface area contributed by atoms with Gasteiger partial charge in [-0.25, -0.2) is 8.42 Å². The molecule has 0 aliphatic heterocycles. The molecule has 0 aliphatic carbocycles. The van der Waals surface area contributed by atoms with Crippen LogP contribution in [0.15, 0.2) is 88.2 Å². The van der Waals surface area contributed by atoms with Gasteiger partial charge in [0.1, 0.15) is 22.0 Å². The van der Waals surface area contributed by atoms with E-state index in [9.17, 15) is 13.2 Å². The minimum Gasteiger partial charge on any atom is -0.455 e. The largest absolute Gasteiger partial charge is 0.455 e. The third-order valence-corrected chi connectivity index (χ3v) is 6.05. The van der Waals surface area contributed by atoms with Crippen LogP contribution in [-0.2, 0) is 23.5 Å². The summed E-state index contributed by atoms with van der Waals surface area (Å²) in [6.45, 7) is 0. The summed E-state index contributed by atoms with van der Waals surface area (Å²) >= 11 is 0. The molecule has 5 aromatic rings. The Morgan fingerprint density at radius 2 is 1.58 bits per heavy atom. The summed E-state index contributed by atoms with van der Waals surface area (Å²) in [7, 11) is -0.869. The van der Waals surface area contributed by atoms with E-state index < -0.39 is 10.7 Å². The zero-order valence-electron chi connectivity index (χ0n) is 16.7. The van der Waals surface area contributed by atoms with Gasteiger partial charge in [0.25, 0.3) is 5.56 Å². The quantitative estimate of drug-likeness (QED) is 0.420. The van der Waals surface area contributed by atoms with Gasteiger partial charge in [0.2, 0.25) is 0 Å². The number of fused-ring (bicyclic) bond motifs is 2. The van der Waals surface area contributed by atoms with E-state index in [4.69, 9.17) is 4.42 Å². The summed E-state index contributed by atoms with van der Waals surface area (Å²) in [5.74, 6) is 0.642. The molecule has 154 valence electrons. The molecule has 0 saturated heterocycles. The first-order valence-corrected chi connectivity index (χ1v) is 11.2. The fourth-order valence-electron chi connectivity index (χ4n) is 4.03. The molecule has 5 nitrogen and oxygen atoms in total. The van der Waals surface area contributed by atoms with Crippen molar-refractivity contribution in [3.05, 3.63) is 94.9 Å². The second-order valence-corrected chi connectivity index (χ2v) is 8.52. The second-order valence-electron chi connectivity index (χ2n) is 7.53. The molecule has 5 rings (SSSR count). The molecule has 3 aromatic carbocycles. The highest BCUT2D eigenvalue weighted by Crippen LogP contribution is 2.38. The molecule has 0 spiro atoms. The zero-order valence-corrected chi connectivity index (χ0v) is 17.6. The standard InChI is InChI=1S/C25H19NO4S/c1-26-14-22(19-9-5-6-10-20(19)25(26)27)21-12-16(15-31(28)29)11-18-13-23(30-24(18)21)17-7-3-2-4-8-17/h2-14,31H,15H2,1H3. The van der Waals surface area contributed by atoms with E-state index in [2.05, 4.69) is 0 Å². The lowest BCUT2D eigenvalue weighted by Gasteiger charge is -2.11. The zero-order chi connectivity index (χ0) is 21.5. The molecule has 2 aromatic heterocycles. The average molecular weight is 429 g/mol. The first kappa shape index (κ1) is 19.3. The molecule has 2 heterocycles. The number of thiol groups is 1. The molecule has 31 heavy (non-hydrogen) atoms. The van der Waals surface area contributed by atoms with Crippen LogP contribution in [0.4, 0.5) is 0 Å². The molecule has 0 saturated carbocycles. The Bertz CT molecular complexity index is 1570. The molecule has 0 unspecified atom stereocenters. The predicted molar refractivity (Wildman–Crippen MR) is 124 cm³/mol. The average Bonchev–Trinajstić information content (AvgIpc) is 3.20. The number of aromatic nitrogens is 1. The number of benzene rings is 3. The Kier molecular flexibility index (Phi) is 4.71. The summed E-state index contributed by atoms with van der Waals surface area (Å²) in [6, 6.07) is 22.8. The fraction of sp³-hybridized carbons (Fsp3) is 0.0800. The highest BCUT2D eigenvalue weighted by atomic mass is 32.2. The second kappa shape index (κ2) is 7.56. The molecule has 0 atom stereocenters. The van der Waals surface area contributed by atoms with Gasteiger partial charge in [-0.2, -0.15) is 0 Å². The van der Waals surface area contributed by atoms with Crippen LogP contribution in [0.1, 0.15) is 5.56 Å². The van der Waals surface area contributed by atoms with E-state index in [1.165, 1.54) is 0 Å². The van der Waals surface area contributed by atoms with Crippen molar-refractivity contribution in [1.82, 2.24) is 4.57 Å². The summed E-state index contributed by atoms with van der Waals surface area (Å²) in [5, 5.41) is 2.22. The first-order valence-electron chi connectivity index (χ1n) is 9.84. The Labute approximate surface area is 180 Å². The van der Waals surface area contributed by atoms with Gasteiger partial charge in [-0.05, 0) is 35.2 Å². The lowest BCUT2D eigenvalue weighted by Crippen LogP contribution is -2.16. The van der Waals surface area contributed by atoms with Crippen molar-refractivity contribution < 1.29 is 12.8 Å². The van der Waals surface area contributed by atoms with E-state index in [1.807, 2.05) is 66.7 Å². The van der Waals surface area contributed by atoms with Crippen molar-refractivity contribution in [2.75, 3.05) is 0 Å². The Hall–Kier alpha value is -3.64. The molecule has 0 aliphatic rings. The van der Waals surface area contributed by atoms with Crippen LogP contribution >= 0.6 is 0 Å². The van der Waals surface area contributed by atoms with Crippen molar-refractivity contribution in [2.24, 2.45) is 7.05 Å². The molecule has 0 amide bonds. The number of furan rings is 1. The predicted octanol–water partition coefficient (Wildman–Crippen LogP) is 4.73. The first-order chi connectivity index (χ1) is 15.0. The topological polar surface area (TPSA) is 69.3 Å². The number of rotatable bonds is 4. The lowest BCUT2D eigenvalue weighted by molar-refractivity contribution is 0.613. The van der Waals surface area contributed by atoms with Crippen LogP contribution < -0.4 is 5.56 Å². The van der Waals surface area contributed by atoms with Gasteiger partial charge in [0, 0.05) is 40.7 Å². The Balaban J connectivity index is 1.86. The number of pyridine rings is 1. The fourth-order valence-corrected chi connectivity index (χ4v) is 4.51. The number of hydrogen-bond donors (Lipinski definition) is 1. The van der Waals surface area contributed by atoms with Crippen LogP contribution in [0.2, 0.25) is 0 Å². The van der Waals surface area contributed by atoms with Gasteiger partial charge < -0.3 is 8.98 Å². The van der Waals surface area contributed by atoms with Crippen LogP contribution in [0.3, 0.4) is 0 Å². The van der Waals surface area contributed by atoms with Crippen molar-refractivity contribution in [2.45, 2.75) is 5.75 Å². The van der Waals surface area contributed by atoms with E-state index in [1.54, 1.807) is 23.9 Å². The summed E-state index contributed by atoms with van der Waals surface area (Å²) in [5.41, 5.74) is 3.77. The monoisotopic (exact) mass is 429 g/mol. The molecule has 0 N–H and O–H groups in total. The molecule has 6 heteroatoms. The van der Waals surface area contributed by atoms with Gasteiger partial charge in [-0.15, -0.1) is 0 Å². The molecule has 0 bridgehead atoms. The van der Waals surface area contributed by atoms with Crippen LogP contribution in [0.5, 0.6) is 0 Å². The highest BCUT2D eigenvalue weighted by Gasteiger charge is 2.17. The molecular formula is C25H19NO4S. The van der Waals surface area contributed by atoms with Gasteiger partial charge in [-0.1, -0.05) is 48.5 Å². The van der Waals surface area contributed by atoms with Crippen LogP contribution in [-0.4, -0.2) is 13.0 Å². The van der Waals surface area contributed by atoms with E-state index in [0.717, 1.165) is 27.5 Å². The summed E-state index contributed by atoms with van der Waals surface area (Å²) < 4.78 is 30.7. The number of nitrogens with zero attached hydrogens (tertiary/aromatic N) is 1. The number of aryl methyl sites for hydroxylation is 1. The maximum atomic E-state index is 12.6. The van der Waals surface area contributed by atoms with E-state index >= 15 is 0 Å². The molecular weight excluding hydrogens is 410 g/mol. The van der Waals surface area contributed by atoms with Crippen LogP contribution in [0, 0.1) is 0 Å².